The van der Waals surface area contributed by atoms with E-state index in [9.17, 15) is 4.79 Å². The smallest absolute Gasteiger partial charge is 0.224 e. The monoisotopic (exact) mass is 151 g/mol. The van der Waals surface area contributed by atoms with E-state index in [1.54, 1.807) is 25.6 Å². The molecule has 0 saturated carbocycles. The standard InChI is InChI=1S/C7H9N3O/c1-6(11)10(2)7-5-8-3-4-9-7/h3-5H,1-2H3. The van der Waals surface area contributed by atoms with E-state index < -0.39 is 0 Å². The van der Waals surface area contributed by atoms with Gasteiger partial charge in [0.1, 0.15) is 0 Å². The van der Waals surface area contributed by atoms with Crippen LogP contribution in [0.2, 0.25) is 0 Å². The van der Waals surface area contributed by atoms with Gasteiger partial charge in [0.05, 0.1) is 6.20 Å². The Hall–Kier alpha value is -1.45. The van der Waals surface area contributed by atoms with Crippen molar-refractivity contribution in [2.45, 2.75) is 6.92 Å². The van der Waals surface area contributed by atoms with E-state index in [1.165, 1.54) is 11.8 Å². The summed E-state index contributed by atoms with van der Waals surface area (Å²) in [5.41, 5.74) is 0. The summed E-state index contributed by atoms with van der Waals surface area (Å²) in [7, 11) is 1.66. The fourth-order valence-electron chi connectivity index (χ4n) is 0.626. The Kier molecular flexibility index (Phi) is 2.15. The lowest BCUT2D eigenvalue weighted by Crippen LogP contribution is -2.23. The van der Waals surface area contributed by atoms with Gasteiger partial charge >= 0.3 is 0 Å². The van der Waals surface area contributed by atoms with Gasteiger partial charge in [0, 0.05) is 26.4 Å². The third-order valence-electron chi connectivity index (χ3n) is 1.37. The van der Waals surface area contributed by atoms with Crippen LogP contribution in [0, 0.1) is 0 Å². The first-order chi connectivity index (χ1) is 5.22. The first-order valence-electron chi connectivity index (χ1n) is 3.22. The van der Waals surface area contributed by atoms with E-state index >= 15 is 0 Å². The Balaban J connectivity index is 2.85. The molecule has 58 valence electrons. The molecule has 0 aliphatic carbocycles. The van der Waals surface area contributed by atoms with Gasteiger partial charge in [-0.3, -0.25) is 14.7 Å². The van der Waals surface area contributed by atoms with Gasteiger partial charge in [0.15, 0.2) is 5.82 Å². The van der Waals surface area contributed by atoms with Gasteiger partial charge in [0.25, 0.3) is 0 Å². The van der Waals surface area contributed by atoms with Crippen LogP contribution in [0.1, 0.15) is 6.92 Å². The van der Waals surface area contributed by atoms with Crippen LogP contribution in [-0.4, -0.2) is 22.9 Å². The highest BCUT2D eigenvalue weighted by atomic mass is 16.2. The summed E-state index contributed by atoms with van der Waals surface area (Å²) < 4.78 is 0. The molecular formula is C7H9N3O. The van der Waals surface area contributed by atoms with Crippen molar-refractivity contribution in [3.8, 4) is 0 Å². The second-order valence-corrected chi connectivity index (χ2v) is 2.14. The summed E-state index contributed by atoms with van der Waals surface area (Å²) >= 11 is 0. The predicted octanol–water partition coefficient (Wildman–Crippen LogP) is 0.459. The van der Waals surface area contributed by atoms with Crippen LogP contribution in [0.25, 0.3) is 0 Å². The lowest BCUT2D eigenvalue weighted by molar-refractivity contribution is -0.116. The van der Waals surface area contributed by atoms with Crippen molar-refractivity contribution in [2.24, 2.45) is 0 Å². The maximum absolute atomic E-state index is 10.8. The van der Waals surface area contributed by atoms with E-state index in [4.69, 9.17) is 0 Å². The largest absolute Gasteiger partial charge is 0.299 e. The molecule has 0 saturated heterocycles. The summed E-state index contributed by atoms with van der Waals surface area (Å²) in [5.74, 6) is 0.519. The highest BCUT2D eigenvalue weighted by Crippen LogP contribution is 2.03. The number of nitrogens with zero attached hydrogens (tertiary/aromatic N) is 3. The number of rotatable bonds is 1. The third kappa shape index (κ3) is 1.73. The quantitative estimate of drug-likeness (QED) is 0.585. The van der Waals surface area contributed by atoms with E-state index in [1.807, 2.05) is 0 Å². The van der Waals surface area contributed by atoms with Crippen molar-refractivity contribution < 1.29 is 4.79 Å². The maximum Gasteiger partial charge on any atom is 0.224 e. The number of hydrogen-bond acceptors (Lipinski definition) is 3. The van der Waals surface area contributed by atoms with Crippen molar-refractivity contribution in [2.75, 3.05) is 11.9 Å². The number of carbonyl (C=O) groups excluding carboxylic acids is 1. The summed E-state index contributed by atoms with van der Waals surface area (Å²) in [6, 6.07) is 0. The van der Waals surface area contributed by atoms with Gasteiger partial charge in [-0.2, -0.15) is 0 Å². The summed E-state index contributed by atoms with van der Waals surface area (Å²) in [6.07, 6.45) is 4.66. The Morgan fingerprint density at radius 3 is 2.73 bits per heavy atom. The summed E-state index contributed by atoms with van der Waals surface area (Å²) in [5, 5.41) is 0. The first kappa shape index (κ1) is 7.65. The highest BCUT2D eigenvalue weighted by Gasteiger charge is 2.04. The SMILES string of the molecule is CC(=O)N(C)c1cnccn1. The molecular weight excluding hydrogens is 142 g/mol. The van der Waals surface area contributed by atoms with Crippen molar-refractivity contribution in [3.63, 3.8) is 0 Å². The van der Waals surface area contributed by atoms with Crippen LogP contribution in [0.15, 0.2) is 18.6 Å². The molecule has 0 unspecified atom stereocenters. The predicted molar refractivity (Wildman–Crippen MR) is 41.1 cm³/mol. The zero-order valence-electron chi connectivity index (χ0n) is 6.48. The average Bonchev–Trinajstić information content (AvgIpc) is 2.05. The normalized spacial score (nSPS) is 9.27. The summed E-state index contributed by atoms with van der Waals surface area (Å²) in [4.78, 5) is 20.0. The number of carbonyl (C=O) groups is 1. The van der Waals surface area contributed by atoms with Crippen LogP contribution >= 0.6 is 0 Å². The van der Waals surface area contributed by atoms with E-state index in [0.29, 0.717) is 5.82 Å². The number of anilines is 1. The van der Waals surface area contributed by atoms with E-state index in [2.05, 4.69) is 9.97 Å². The van der Waals surface area contributed by atoms with Gasteiger partial charge < -0.3 is 0 Å². The molecule has 1 aromatic rings. The van der Waals surface area contributed by atoms with Crippen molar-refractivity contribution in [1.29, 1.82) is 0 Å². The topological polar surface area (TPSA) is 46.1 Å². The fourth-order valence-corrected chi connectivity index (χ4v) is 0.626. The van der Waals surface area contributed by atoms with Crippen molar-refractivity contribution in [1.82, 2.24) is 9.97 Å². The molecule has 1 aromatic heterocycles. The molecule has 4 heteroatoms. The molecule has 4 nitrogen and oxygen atoms in total. The van der Waals surface area contributed by atoms with Gasteiger partial charge in [0.2, 0.25) is 5.91 Å². The van der Waals surface area contributed by atoms with E-state index in [-0.39, 0.29) is 5.91 Å². The zero-order valence-corrected chi connectivity index (χ0v) is 6.48. The first-order valence-corrected chi connectivity index (χ1v) is 3.22. The molecule has 0 aromatic carbocycles. The Labute approximate surface area is 64.9 Å². The number of amides is 1. The third-order valence-corrected chi connectivity index (χ3v) is 1.37. The minimum absolute atomic E-state index is 0.0505. The average molecular weight is 151 g/mol. The molecule has 1 amide bonds. The van der Waals surface area contributed by atoms with Crippen LogP contribution in [0.3, 0.4) is 0 Å². The molecule has 0 aliphatic rings. The Bertz CT molecular complexity index is 247. The lowest BCUT2D eigenvalue weighted by Gasteiger charge is -2.11. The van der Waals surface area contributed by atoms with Crippen LogP contribution < -0.4 is 4.90 Å². The molecule has 0 N–H and O–H groups in total. The second kappa shape index (κ2) is 3.09. The zero-order chi connectivity index (χ0) is 8.27. The molecule has 0 radical (unpaired) electrons. The molecule has 0 aliphatic heterocycles. The van der Waals surface area contributed by atoms with Gasteiger partial charge in [-0.05, 0) is 0 Å². The maximum atomic E-state index is 10.8. The molecule has 0 fully saturated rings. The summed E-state index contributed by atoms with van der Waals surface area (Å²) in [6.45, 7) is 1.48. The second-order valence-electron chi connectivity index (χ2n) is 2.14. The molecule has 0 spiro atoms. The number of hydrogen-bond donors (Lipinski definition) is 0. The molecule has 0 bridgehead atoms. The minimum atomic E-state index is -0.0505. The fraction of sp³-hybridized carbons (Fsp3) is 0.286. The molecule has 11 heavy (non-hydrogen) atoms. The van der Waals surface area contributed by atoms with Crippen molar-refractivity contribution >= 4 is 11.7 Å². The molecule has 0 atom stereocenters. The van der Waals surface area contributed by atoms with Crippen LogP contribution in [-0.2, 0) is 4.79 Å². The van der Waals surface area contributed by atoms with Gasteiger partial charge in [-0.1, -0.05) is 0 Å². The minimum Gasteiger partial charge on any atom is -0.299 e. The highest BCUT2D eigenvalue weighted by molar-refractivity contribution is 5.89. The van der Waals surface area contributed by atoms with Crippen LogP contribution in [0.4, 0.5) is 5.82 Å². The molecule has 1 heterocycles. The van der Waals surface area contributed by atoms with Gasteiger partial charge in [-0.25, -0.2) is 4.98 Å². The van der Waals surface area contributed by atoms with E-state index in [0.717, 1.165) is 0 Å². The van der Waals surface area contributed by atoms with Crippen molar-refractivity contribution in [3.05, 3.63) is 18.6 Å². The lowest BCUT2D eigenvalue weighted by atomic mass is 10.5. The van der Waals surface area contributed by atoms with Gasteiger partial charge in [-0.15, -0.1) is 0 Å². The Morgan fingerprint density at radius 2 is 2.27 bits per heavy atom. The number of aromatic nitrogens is 2. The van der Waals surface area contributed by atoms with Crippen LogP contribution in [0.5, 0.6) is 0 Å². The Morgan fingerprint density at radius 1 is 1.55 bits per heavy atom. The molecule has 1 rings (SSSR count).